The van der Waals surface area contributed by atoms with Gasteiger partial charge >= 0.3 is 5.97 Å². The Balaban J connectivity index is 2.27. The van der Waals surface area contributed by atoms with Crippen LogP contribution in [0.5, 0.6) is 0 Å². The molecular weight excluding hydrogens is 394 g/mol. The number of sulfonamides is 1. The van der Waals surface area contributed by atoms with E-state index >= 15 is 0 Å². The number of esters is 1. The van der Waals surface area contributed by atoms with E-state index in [1.807, 2.05) is 30.3 Å². The molecule has 0 aromatic heterocycles. The van der Waals surface area contributed by atoms with Crippen molar-refractivity contribution in [3.05, 3.63) is 64.6 Å². The third-order valence-electron chi connectivity index (χ3n) is 3.28. The van der Waals surface area contributed by atoms with Gasteiger partial charge in [-0.3, -0.25) is 4.79 Å². The molecule has 128 valence electrons. The lowest BCUT2D eigenvalue weighted by Gasteiger charge is -2.18. The van der Waals surface area contributed by atoms with E-state index < -0.39 is 22.0 Å². The monoisotopic (exact) mass is 411 g/mol. The number of benzene rings is 2. The first-order valence-electron chi connectivity index (χ1n) is 7.41. The summed E-state index contributed by atoms with van der Waals surface area (Å²) in [5.41, 5.74) is 0.838. The van der Waals surface area contributed by atoms with Gasteiger partial charge in [-0.1, -0.05) is 42.5 Å². The summed E-state index contributed by atoms with van der Waals surface area (Å²) in [6.45, 7) is 1.86. The van der Waals surface area contributed by atoms with E-state index in [0.29, 0.717) is 4.47 Å². The minimum absolute atomic E-state index is 0.0763. The first-order chi connectivity index (χ1) is 11.4. The molecule has 0 radical (unpaired) electrons. The smallest absolute Gasteiger partial charge is 0.324 e. The summed E-state index contributed by atoms with van der Waals surface area (Å²) in [5, 5.41) is 0. The molecule has 2 aromatic carbocycles. The van der Waals surface area contributed by atoms with Crippen LogP contribution in [0.25, 0.3) is 0 Å². The van der Waals surface area contributed by atoms with Gasteiger partial charge in [0.1, 0.15) is 6.04 Å². The van der Waals surface area contributed by atoms with E-state index in [0.717, 1.165) is 5.56 Å². The number of nitrogens with one attached hydrogen (secondary N) is 1. The van der Waals surface area contributed by atoms with Crippen LogP contribution in [0.2, 0.25) is 0 Å². The Hall–Kier alpha value is -1.70. The van der Waals surface area contributed by atoms with E-state index in [1.54, 1.807) is 25.1 Å². The minimum atomic E-state index is -3.87. The van der Waals surface area contributed by atoms with Crippen molar-refractivity contribution in [2.75, 3.05) is 6.61 Å². The molecule has 7 heteroatoms. The maximum absolute atomic E-state index is 12.6. The summed E-state index contributed by atoms with van der Waals surface area (Å²) in [7, 11) is -3.87. The molecule has 1 N–H and O–H groups in total. The second-order valence-electron chi connectivity index (χ2n) is 5.05. The van der Waals surface area contributed by atoms with Crippen molar-refractivity contribution in [2.45, 2.75) is 24.3 Å². The van der Waals surface area contributed by atoms with E-state index in [9.17, 15) is 13.2 Å². The highest BCUT2D eigenvalue weighted by molar-refractivity contribution is 9.10. The van der Waals surface area contributed by atoms with Crippen LogP contribution in [-0.4, -0.2) is 27.0 Å². The lowest BCUT2D eigenvalue weighted by molar-refractivity contribution is -0.145. The van der Waals surface area contributed by atoms with Crippen LogP contribution in [-0.2, 0) is 26.0 Å². The average molecular weight is 412 g/mol. The van der Waals surface area contributed by atoms with Gasteiger partial charge in [0.2, 0.25) is 10.0 Å². The second-order valence-corrected chi connectivity index (χ2v) is 7.58. The van der Waals surface area contributed by atoms with E-state index in [-0.39, 0.29) is 17.9 Å². The molecule has 0 aliphatic heterocycles. The van der Waals surface area contributed by atoms with Crippen molar-refractivity contribution < 1.29 is 17.9 Å². The van der Waals surface area contributed by atoms with Gasteiger partial charge in [0.25, 0.3) is 0 Å². The van der Waals surface area contributed by atoms with Gasteiger partial charge in [0.05, 0.1) is 11.5 Å². The van der Waals surface area contributed by atoms with Gasteiger partial charge in [-0.25, -0.2) is 8.42 Å². The fourth-order valence-corrected chi connectivity index (χ4v) is 4.37. The summed E-state index contributed by atoms with van der Waals surface area (Å²) in [5.74, 6) is -0.600. The largest absolute Gasteiger partial charge is 0.465 e. The molecule has 24 heavy (non-hydrogen) atoms. The molecule has 0 amide bonds. The predicted molar refractivity (Wildman–Crippen MR) is 95.0 cm³/mol. The summed E-state index contributed by atoms with van der Waals surface area (Å²) >= 11 is 3.22. The maximum atomic E-state index is 12.6. The summed E-state index contributed by atoms with van der Waals surface area (Å²) in [4.78, 5) is 12.3. The fourth-order valence-electron chi connectivity index (χ4n) is 2.18. The van der Waals surface area contributed by atoms with Crippen molar-refractivity contribution in [2.24, 2.45) is 0 Å². The van der Waals surface area contributed by atoms with Crippen LogP contribution in [0.3, 0.4) is 0 Å². The Bertz CT molecular complexity index is 793. The molecule has 0 fully saturated rings. The molecule has 0 aliphatic rings. The third-order valence-corrected chi connectivity index (χ3v) is 5.76. The van der Waals surface area contributed by atoms with Crippen LogP contribution in [0, 0.1) is 0 Å². The molecule has 2 rings (SSSR count). The van der Waals surface area contributed by atoms with E-state index in [1.165, 1.54) is 6.07 Å². The highest BCUT2D eigenvalue weighted by atomic mass is 79.9. The number of carbonyl (C=O) groups excluding carboxylic acids is 1. The van der Waals surface area contributed by atoms with Gasteiger partial charge in [-0.15, -0.1) is 0 Å². The van der Waals surface area contributed by atoms with Gasteiger partial charge in [-0.2, -0.15) is 4.72 Å². The Morgan fingerprint density at radius 3 is 2.38 bits per heavy atom. The molecule has 0 heterocycles. The number of hydrogen-bond acceptors (Lipinski definition) is 4. The van der Waals surface area contributed by atoms with Gasteiger partial charge in [-0.05, 0) is 47.0 Å². The molecule has 2 aromatic rings. The first-order valence-corrected chi connectivity index (χ1v) is 9.69. The molecule has 5 nitrogen and oxygen atoms in total. The number of carbonyl (C=O) groups is 1. The lowest BCUT2D eigenvalue weighted by atomic mass is 10.1. The molecule has 0 aliphatic carbocycles. The first kappa shape index (κ1) is 18.6. The van der Waals surface area contributed by atoms with E-state index in [2.05, 4.69) is 20.7 Å². The number of halogens is 1. The SMILES string of the molecule is CCOC(=O)C(Cc1ccccc1)NS(=O)(=O)c1ccccc1Br. The Kier molecular flexibility index (Phi) is 6.53. The highest BCUT2D eigenvalue weighted by Gasteiger charge is 2.28. The molecule has 1 atom stereocenters. The summed E-state index contributed by atoms with van der Waals surface area (Å²) in [6, 6.07) is 14.6. The zero-order chi connectivity index (χ0) is 17.6. The quantitative estimate of drug-likeness (QED) is 0.710. The molecule has 0 spiro atoms. The molecular formula is C17H18BrNO4S. The maximum Gasteiger partial charge on any atom is 0.324 e. The molecule has 0 saturated heterocycles. The normalized spacial score (nSPS) is 12.6. The van der Waals surface area contributed by atoms with Crippen LogP contribution in [0.15, 0.2) is 64.0 Å². The second kappa shape index (κ2) is 8.41. The standard InChI is InChI=1S/C17H18BrNO4S/c1-2-23-17(20)15(12-13-8-4-3-5-9-13)19-24(21,22)16-11-7-6-10-14(16)18/h3-11,15,19H,2,12H2,1H3. The number of hydrogen-bond donors (Lipinski definition) is 1. The van der Waals surface area contributed by atoms with Crippen molar-refractivity contribution >= 4 is 31.9 Å². The Labute approximate surface area is 150 Å². The van der Waals surface area contributed by atoms with Gasteiger partial charge < -0.3 is 4.74 Å². The van der Waals surface area contributed by atoms with Gasteiger partial charge in [0, 0.05) is 4.47 Å². The number of ether oxygens (including phenoxy) is 1. The summed E-state index contributed by atoms with van der Waals surface area (Å²) < 4.78 is 33.1. The number of rotatable bonds is 7. The zero-order valence-corrected chi connectivity index (χ0v) is 15.5. The molecule has 0 bridgehead atoms. The summed E-state index contributed by atoms with van der Waals surface area (Å²) in [6.07, 6.45) is 0.212. The predicted octanol–water partition coefficient (Wildman–Crippen LogP) is 2.90. The van der Waals surface area contributed by atoms with Crippen molar-refractivity contribution in [3.63, 3.8) is 0 Å². The van der Waals surface area contributed by atoms with Crippen molar-refractivity contribution in [1.82, 2.24) is 4.72 Å². The van der Waals surface area contributed by atoms with Crippen LogP contribution in [0.4, 0.5) is 0 Å². The fraction of sp³-hybridized carbons (Fsp3) is 0.235. The minimum Gasteiger partial charge on any atom is -0.465 e. The topological polar surface area (TPSA) is 72.5 Å². The van der Waals surface area contributed by atoms with Gasteiger partial charge in [0.15, 0.2) is 0 Å². The van der Waals surface area contributed by atoms with Crippen molar-refractivity contribution in [1.29, 1.82) is 0 Å². The van der Waals surface area contributed by atoms with Crippen LogP contribution >= 0.6 is 15.9 Å². The van der Waals surface area contributed by atoms with Crippen LogP contribution < -0.4 is 4.72 Å². The lowest BCUT2D eigenvalue weighted by Crippen LogP contribution is -2.43. The Morgan fingerprint density at radius 2 is 1.75 bits per heavy atom. The molecule has 1 unspecified atom stereocenters. The average Bonchev–Trinajstić information content (AvgIpc) is 2.55. The van der Waals surface area contributed by atoms with E-state index in [4.69, 9.17) is 4.74 Å². The van der Waals surface area contributed by atoms with Crippen LogP contribution in [0.1, 0.15) is 12.5 Å². The zero-order valence-electron chi connectivity index (χ0n) is 13.1. The Morgan fingerprint density at radius 1 is 1.12 bits per heavy atom. The molecule has 0 saturated carbocycles. The third kappa shape index (κ3) is 4.90. The highest BCUT2D eigenvalue weighted by Crippen LogP contribution is 2.21. The van der Waals surface area contributed by atoms with Crippen molar-refractivity contribution in [3.8, 4) is 0 Å².